The van der Waals surface area contributed by atoms with E-state index in [0.29, 0.717) is 13.1 Å². The first-order valence-electron chi connectivity index (χ1n) is 6.62. The molecule has 0 radical (unpaired) electrons. The van der Waals surface area contributed by atoms with Crippen molar-refractivity contribution in [2.45, 2.75) is 31.8 Å². The van der Waals surface area contributed by atoms with E-state index in [1.165, 1.54) is 0 Å². The molecule has 0 saturated carbocycles. The van der Waals surface area contributed by atoms with Crippen LogP contribution in [0.2, 0.25) is 0 Å². The van der Waals surface area contributed by atoms with Crippen LogP contribution in [0.25, 0.3) is 0 Å². The zero-order valence-electron chi connectivity index (χ0n) is 11.7. The van der Waals surface area contributed by atoms with Crippen LogP contribution in [0.4, 0.5) is 0 Å². The summed E-state index contributed by atoms with van der Waals surface area (Å²) in [7, 11) is -3.24. The van der Waals surface area contributed by atoms with Crippen molar-refractivity contribution in [3.05, 3.63) is 18.5 Å². The summed E-state index contributed by atoms with van der Waals surface area (Å²) in [6, 6.07) is 1.20. The number of nitrogens with zero attached hydrogens (tertiary/aromatic N) is 3. The van der Waals surface area contributed by atoms with Gasteiger partial charge >= 0.3 is 0 Å². The molecule has 0 bridgehead atoms. The summed E-state index contributed by atoms with van der Waals surface area (Å²) in [5.41, 5.74) is 0. The topological polar surface area (TPSA) is 84.3 Å². The molecule has 0 aromatic carbocycles. The lowest BCUT2D eigenvalue weighted by Crippen LogP contribution is -2.50. The number of hydrogen-bond acceptors (Lipinski definition) is 4. The van der Waals surface area contributed by atoms with Gasteiger partial charge in [-0.15, -0.1) is 0 Å². The number of aromatic nitrogens is 2. The van der Waals surface area contributed by atoms with Gasteiger partial charge in [-0.3, -0.25) is 9.48 Å². The van der Waals surface area contributed by atoms with Crippen LogP contribution in [-0.4, -0.2) is 54.4 Å². The van der Waals surface area contributed by atoms with Gasteiger partial charge in [-0.25, -0.2) is 13.1 Å². The normalized spacial score (nSPS) is 21.7. The number of rotatable bonds is 4. The lowest BCUT2D eigenvalue weighted by atomic mass is 10.1. The molecule has 1 N–H and O–H groups in total. The van der Waals surface area contributed by atoms with Crippen molar-refractivity contribution in [2.24, 2.45) is 0 Å². The van der Waals surface area contributed by atoms with Crippen LogP contribution in [0, 0.1) is 0 Å². The average Bonchev–Trinajstić information content (AvgIpc) is 2.89. The second-order valence-electron chi connectivity index (χ2n) is 5.18. The molecule has 1 fully saturated rings. The molecule has 112 valence electrons. The van der Waals surface area contributed by atoms with Crippen LogP contribution in [0.5, 0.6) is 0 Å². The predicted octanol–water partition coefficient (Wildman–Crippen LogP) is -0.0157. The Hall–Kier alpha value is -1.41. The van der Waals surface area contributed by atoms with E-state index in [2.05, 4.69) is 9.82 Å². The van der Waals surface area contributed by atoms with Gasteiger partial charge < -0.3 is 4.90 Å². The summed E-state index contributed by atoms with van der Waals surface area (Å²) in [4.78, 5) is 14.1. The van der Waals surface area contributed by atoms with Crippen LogP contribution < -0.4 is 4.72 Å². The highest BCUT2D eigenvalue weighted by Crippen LogP contribution is 2.16. The van der Waals surface area contributed by atoms with Crippen molar-refractivity contribution < 1.29 is 13.2 Å². The lowest BCUT2D eigenvalue weighted by Gasteiger charge is -2.34. The molecular formula is C12H20N4O3S. The maximum atomic E-state index is 12.4. The molecule has 0 unspecified atom stereocenters. The minimum absolute atomic E-state index is 0.0336. The summed E-state index contributed by atoms with van der Waals surface area (Å²) in [5.74, 6) is -0.0336. The molecule has 1 aromatic rings. The Balaban J connectivity index is 2.00. The molecule has 20 heavy (non-hydrogen) atoms. The first kappa shape index (κ1) is 15.0. The minimum Gasteiger partial charge on any atom is -0.339 e. The van der Waals surface area contributed by atoms with Gasteiger partial charge in [0.1, 0.15) is 6.04 Å². The van der Waals surface area contributed by atoms with E-state index in [9.17, 15) is 13.2 Å². The largest absolute Gasteiger partial charge is 0.339 e. The number of piperidine rings is 1. The van der Waals surface area contributed by atoms with E-state index in [1.807, 2.05) is 0 Å². The summed E-state index contributed by atoms with van der Waals surface area (Å²) < 4.78 is 26.7. The zero-order chi connectivity index (χ0) is 14.8. The van der Waals surface area contributed by atoms with Gasteiger partial charge in [0.15, 0.2) is 0 Å². The Morgan fingerprint density at radius 2 is 2.25 bits per heavy atom. The first-order chi connectivity index (χ1) is 9.37. The van der Waals surface area contributed by atoms with Crippen molar-refractivity contribution in [3.63, 3.8) is 0 Å². The number of likely N-dealkylation sites (tertiary alicyclic amines) is 1. The minimum atomic E-state index is -3.24. The fourth-order valence-corrected chi connectivity index (χ4v) is 3.26. The third kappa shape index (κ3) is 3.80. The van der Waals surface area contributed by atoms with Gasteiger partial charge in [0.2, 0.25) is 15.9 Å². The molecule has 2 heterocycles. The second kappa shape index (κ2) is 5.92. The average molecular weight is 300 g/mol. The molecule has 2 rings (SSSR count). The summed E-state index contributed by atoms with van der Waals surface area (Å²) >= 11 is 0. The maximum Gasteiger partial charge on any atom is 0.247 e. The quantitative estimate of drug-likeness (QED) is 0.847. The summed E-state index contributed by atoms with van der Waals surface area (Å²) in [5, 5.41) is 4.07. The Kier molecular flexibility index (Phi) is 4.44. The van der Waals surface area contributed by atoms with E-state index in [4.69, 9.17) is 0 Å². The van der Waals surface area contributed by atoms with Crippen molar-refractivity contribution in [3.8, 4) is 0 Å². The number of carbonyl (C=O) groups excluding carboxylic acids is 1. The van der Waals surface area contributed by atoms with Gasteiger partial charge in [-0.05, 0) is 25.8 Å². The van der Waals surface area contributed by atoms with Crippen molar-refractivity contribution >= 4 is 15.9 Å². The highest BCUT2D eigenvalue weighted by Gasteiger charge is 2.28. The third-order valence-corrected chi connectivity index (χ3v) is 4.15. The van der Waals surface area contributed by atoms with Crippen molar-refractivity contribution in [1.82, 2.24) is 19.4 Å². The van der Waals surface area contributed by atoms with E-state index >= 15 is 0 Å². The van der Waals surface area contributed by atoms with E-state index in [1.54, 1.807) is 35.0 Å². The highest BCUT2D eigenvalue weighted by atomic mass is 32.2. The highest BCUT2D eigenvalue weighted by molar-refractivity contribution is 7.88. The Morgan fingerprint density at radius 3 is 2.85 bits per heavy atom. The SMILES string of the molecule is C[C@@H](C(=O)N1CCC[C@H](NS(C)(=O)=O)C1)n1cccn1. The summed E-state index contributed by atoms with van der Waals surface area (Å²) in [6.07, 6.45) is 6.07. The molecule has 2 atom stereocenters. The number of sulfonamides is 1. The Bertz CT molecular complexity index is 555. The lowest BCUT2D eigenvalue weighted by molar-refractivity contribution is -0.135. The zero-order valence-corrected chi connectivity index (χ0v) is 12.5. The Labute approximate surface area is 119 Å². The molecule has 1 amide bonds. The number of nitrogens with one attached hydrogen (secondary N) is 1. The van der Waals surface area contributed by atoms with Crippen LogP contribution in [-0.2, 0) is 14.8 Å². The van der Waals surface area contributed by atoms with Gasteiger partial charge in [0.05, 0.1) is 6.26 Å². The molecule has 1 aliphatic heterocycles. The molecule has 8 heteroatoms. The summed E-state index contributed by atoms with van der Waals surface area (Å²) in [6.45, 7) is 2.87. The fourth-order valence-electron chi connectivity index (χ4n) is 2.46. The molecular weight excluding hydrogens is 280 g/mol. The molecule has 0 spiro atoms. The second-order valence-corrected chi connectivity index (χ2v) is 6.96. The molecule has 7 nitrogen and oxygen atoms in total. The monoisotopic (exact) mass is 300 g/mol. The Morgan fingerprint density at radius 1 is 1.50 bits per heavy atom. The van der Waals surface area contributed by atoms with Crippen LogP contribution in [0.1, 0.15) is 25.8 Å². The van der Waals surface area contributed by atoms with Crippen LogP contribution >= 0.6 is 0 Å². The van der Waals surface area contributed by atoms with E-state index in [-0.39, 0.29) is 18.0 Å². The molecule has 1 aliphatic rings. The van der Waals surface area contributed by atoms with Crippen LogP contribution in [0.3, 0.4) is 0 Å². The van der Waals surface area contributed by atoms with Crippen LogP contribution in [0.15, 0.2) is 18.5 Å². The van der Waals surface area contributed by atoms with Gasteiger partial charge in [-0.2, -0.15) is 5.10 Å². The van der Waals surface area contributed by atoms with Gasteiger partial charge in [0, 0.05) is 31.5 Å². The van der Waals surface area contributed by atoms with Crippen molar-refractivity contribution in [2.75, 3.05) is 19.3 Å². The third-order valence-electron chi connectivity index (χ3n) is 3.39. The van der Waals surface area contributed by atoms with Gasteiger partial charge in [-0.1, -0.05) is 0 Å². The number of hydrogen-bond donors (Lipinski definition) is 1. The number of carbonyl (C=O) groups is 1. The van der Waals surface area contributed by atoms with Gasteiger partial charge in [0.25, 0.3) is 0 Å². The number of amides is 1. The predicted molar refractivity (Wildman–Crippen MR) is 74.5 cm³/mol. The maximum absolute atomic E-state index is 12.4. The molecule has 1 saturated heterocycles. The standard InChI is InChI=1S/C12H20N4O3S/c1-10(16-8-4-6-13-16)12(17)15-7-3-5-11(9-15)14-20(2,18)19/h4,6,8,10-11,14H,3,5,7,9H2,1-2H3/t10-,11-/m0/s1. The van der Waals surface area contributed by atoms with E-state index < -0.39 is 10.0 Å². The van der Waals surface area contributed by atoms with E-state index in [0.717, 1.165) is 19.1 Å². The smallest absolute Gasteiger partial charge is 0.247 e. The molecule has 0 aliphatic carbocycles. The fraction of sp³-hybridized carbons (Fsp3) is 0.667. The first-order valence-corrected chi connectivity index (χ1v) is 8.51. The van der Waals surface area contributed by atoms with Crippen molar-refractivity contribution in [1.29, 1.82) is 0 Å². The molecule has 1 aromatic heterocycles.